The van der Waals surface area contributed by atoms with Gasteiger partial charge in [0.25, 0.3) is 0 Å². The Hall–Kier alpha value is -0.450. The van der Waals surface area contributed by atoms with E-state index in [0.29, 0.717) is 0 Å². The first-order chi connectivity index (χ1) is 8.37. The third-order valence-corrected chi connectivity index (χ3v) is 5.37. The van der Waals surface area contributed by atoms with Gasteiger partial charge in [-0.15, -0.1) is 11.3 Å². The molecule has 1 unspecified atom stereocenters. The van der Waals surface area contributed by atoms with Crippen LogP contribution in [0.5, 0.6) is 0 Å². The van der Waals surface area contributed by atoms with Gasteiger partial charge in [-0.2, -0.15) is 0 Å². The lowest BCUT2D eigenvalue weighted by atomic mass is 9.82. The minimum absolute atomic E-state index is 0.0769. The summed E-state index contributed by atoms with van der Waals surface area (Å²) >= 11 is 1.78. The lowest BCUT2D eigenvalue weighted by Crippen LogP contribution is -2.57. The average molecular weight is 269 g/mol. The smallest absolute Gasteiger partial charge is 0.0947 e. The Morgan fingerprint density at radius 1 is 1.28 bits per heavy atom. The van der Waals surface area contributed by atoms with Gasteiger partial charge in [-0.25, -0.2) is 4.98 Å². The molecule has 0 aliphatic heterocycles. The van der Waals surface area contributed by atoms with Gasteiger partial charge in [0.2, 0.25) is 0 Å². The van der Waals surface area contributed by atoms with Crippen LogP contribution in [0.25, 0.3) is 0 Å². The van der Waals surface area contributed by atoms with E-state index in [4.69, 9.17) is 5.73 Å². The number of hydrogen-bond donors (Lipinski definition) is 1. The van der Waals surface area contributed by atoms with Gasteiger partial charge >= 0.3 is 0 Å². The van der Waals surface area contributed by atoms with Gasteiger partial charge in [0, 0.05) is 22.9 Å². The molecular weight excluding hydrogens is 242 g/mol. The largest absolute Gasteiger partial charge is 0.326 e. The Bertz CT molecular complexity index is 361. The van der Waals surface area contributed by atoms with Gasteiger partial charge in [0.05, 0.1) is 10.7 Å². The summed E-state index contributed by atoms with van der Waals surface area (Å²) in [5.41, 5.74) is 7.71. The summed E-state index contributed by atoms with van der Waals surface area (Å²) in [6.45, 7) is 8.64. The zero-order valence-corrected chi connectivity index (χ0v) is 13.4. The molecule has 0 saturated heterocycles. The maximum absolute atomic E-state index is 6.49. The van der Waals surface area contributed by atoms with E-state index >= 15 is 0 Å². The van der Waals surface area contributed by atoms with E-state index in [1.54, 1.807) is 11.3 Å². The zero-order chi connectivity index (χ0) is 13.9. The Labute approximate surface area is 115 Å². The Morgan fingerprint density at radius 3 is 2.17 bits per heavy atom. The molecule has 0 saturated carbocycles. The second-order valence-electron chi connectivity index (χ2n) is 5.26. The van der Waals surface area contributed by atoms with Crippen molar-refractivity contribution in [1.82, 2.24) is 9.88 Å². The maximum Gasteiger partial charge on any atom is 0.0947 e. The third-order valence-electron chi connectivity index (χ3n) is 4.27. The summed E-state index contributed by atoms with van der Waals surface area (Å²) in [5, 5.41) is 1.17. The molecule has 0 amide bonds. The molecule has 4 heteroatoms. The summed E-state index contributed by atoms with van der Waals surface area (Å²) in [4.78, 5) is 8.20. The molecule has 1 rings (SSSR count). The molecular formula is C14H27N3S. The summed E-state index contributed by atoms with van der Waals surface area (Å²) in [7, 11) is 4.26. The van der Waals surface area contributed by atoms with Crippen LogP contribution in [-0.2, 0) is 6.42 Å². The molecule has 1 aromatic rings. The molecule has 1 atom stereocenters. The average Bonchev–Trinajstić information content (AvgIpc) is 2.59. The van der Waals surface area contributed by atoms with E-state index in [-0.39, 0.29) is 11.6 Å². The van der Waals surface area contributed by atoms with Gasteiger partial charge in [-0.3, -0.25) is 0 Å². The van der Waals surface area contributed by atoms with Crippen molar-refractivity contribution < 1.29 is 0 Å². The van der Waals surface area contributed by atoms with Crippen LogP contribution in [0.15, 0.2) is 0 Å². The van der Waals surface area contributed by atoms with Crippen molar-refractivity contribution in [2.75, 3.05) is 14.1 Å². The van der Waals surface area contributed by atoms with Crippen LogP contribution in [-0.4, -0.2) is 35.6 Å². The van der Waals surface area contributed by atoms with E-state index in [2.05, 4.69) is 51.7 Å². The molecule has 104 valence electrons. The summed E-state index contributed by atoms with van der Waals surface area (Å²) in [6.07, 6.45) is 3.02. The summed E-state index contributed by atoms with van der Waals surface area (Å²) in [5.74, 6) is 0. The quantitative estimate of drug-likeness (QED) is 0.863. The highest BCUT2D eigenvalue weighted by Gasteiger charge is 2.35. The predicted molar refractivity (Wildman–Crippen MR) is 80.3 cm³/mol. The normalized spacial score (nSPS) is 14.2. The third kappa shape index (κ3) is 2.92. The number of rotatable bonds is 6. The van der Waals surface area contributed by atoms with Crippen molar-refractivity contribution in [3.63, 3.8) is 0 Å². The molecule has 0 aliphatic carbocycles. The van der Waals surface area contributed by atoms with Gasteiger partial charge in [-0.1, -0.05) is 13.8 Å². The first kappa shape index (κ1) is 15.6. The van der Waals surface area contributed by atoms with E-state index in [1.165, 1.54) is 9.88 Å². The van der Waals surface area contributed by atoms with Crippen LogP contribution in [0, 0.1) is 13.8 Å². The van der Waals surface area contributed by atoms with Crippen molar-refractivity contribution >= 4 is 11.3 Å². The van der Waals surface area contributed by atoms with Crippen molar-refractivity contribution in [3.05, 3.63) is 15.6 Å². The first-order valence-electron chi connectivity index (χ1n) is 6.73. The highest BCUT2D eigenvalue weighted by molar-refractivity contribution is 7.11. The van der Waals surface area contributed by atoms with E-state index in [1.807, 2.05) is 0 Å². The number of nitrogens with two attached hydrogens (primary N) is 1. The minimum Gasteiger partial charge on any atom is -0.326 e. The number of hydrogen-bond acceptors (Lipinski definition) is 4. The SMILES string of the molecule is CCC(CC)(C(N)Cc1nc(C)c(C)s1)N(C)C. The highest BCUT2D eigenvalue weighted by Crippen LogP contribution is 2.28. The van der Waals surface area contributed by atoms with Crippen LogP contribution in [0.1, 0.15) is 42.3 Å². The number of nitrogens with zero attached hydrogens (tertiary/aromatic N) is 2. The van der Waals surface area contributed by atoms with Crippen LogP contribution >= 0.6 is 11.3 Å². The topological polar surface area (TPSA) is 42.1 Å². The molecule has 0 aromatic carbocycles. The first-order valence-corrected chi connectivity index (χ1v) is 7.55. The van der Waals surface area contributed by atoms with Gasteiger partial charge in [-0.05, 0) is 40.8 Å². The number of aromatic nitrogens is 1. The standard InChI is InChI=1S/C14H27N3S/c1-7-14(8-2,17(5)6)12(15)9-13-16-10(3)11(4)18-13/h12H,7-9,15H2,1-6H3. The van der Waals surface area contributed by atoms with Gasteiger partial charge in [0.15, 0.2) is 0 Å². The molecule has 3 nitrogen and oxygen atoms in total. The zero-order valence-electron chi connectivity index (χ0n) is 12.6. The van der Waals surface area contributed by atoms with E-state index in [9.17, 15) is 0 Å². The van der Waals surface area contributed by atoms with Crippen LogP contribution in [0.4, 0.5) is 0 Å². The second-order valence-corrected chi connectivity index (χ2v) is 6.55. The van der Waals surface area contributed by atoms with Crippen molar-refractivity contribution in [2.24, 2.45) is 5.73 Å². The van der Waals surface area contributed by atoms with E-state index < -0.39 is 0 Å². The maximum atomic E-state index is 6.49. The predicted octanol–water partition coefficient (Wildman–Crippen LogP) is 2.75. The Kier molecular flexibility index (Phi) is 5.32. The highest BCUT2D eigenvalue weighted by atomic mass is 32.1. The number of aryl methyl sites for hydroxylation is 2. The molecule has 0 aliphatic rings. The monoisotopic (exact) mass is 269 g/mol. The fourth-order valence-corrected chi connectivity index (χ4v) is 3.74. The Morgan fingerprint density at radius 2 is 1.83 bits per heavy atom. The van der Waals surface area contributed by atoms with Crippen molar-refractivity contribution in [1.29, 1.82) is 0 Å². The molecule has 0 bridgehead atoms. The van der Waals surface area contributed by atoms with Gasteiger partial charge in [0.1, 0.15) is 0 Å². The lowest BCUT2D eigenvalue weighted by molar-refractivity contribution is 0.105. The number of likely N-dealkylation sites (N-methyl/N-ethyl adjacent to an activating group) is 1. The van der Waals surface area contributed by atoms with Crippen molar-refractivity contribution in [3.8, 4) is 0 Å². The molecule has 0 radical (unpaired) electrons. The molecule has 1 aromatic heterocycles. The molecule has 0 fully saturated rings. The number of thiazole rings is 1. The van der Waals surface area contributed by atoms with Crippen LogP contribution in [0.3, 0.4) is 0 Å². The fraction of sp³-hybridized carbons (Fsp3) is 0.786. The minimum atomic E-state index is 0.0769. The second kappa shape index (κ2) is 6.13. The summed E-state index contributed by atoms with van der Waals surface area (Å²) < 4.78 is 0. The fourth-order valence-electron chi connectivity index (χ4n) is 2.74. The van der Waals surface area contributed by atoms with Crippen LogP contribution < -0.4 is 5.73 Å². The van der Waals surface area contributed by atoms with Crippen molar-refractivity contribution in [2.45, 2.75) is 58.5 Å². The van der Waals surface area contributed by atoms with E-state index in [0.717, 1.165) is 25.0 Å². The Balaban J connectivity index is 2.88. The summed E-state index contributed by atoms with van der Waals surface area (Å²) in [6, 6.07) is 0.132. The lowest BCUT2D eigenvalue weighted by Gasteiger charge is -2.43. The molecule has 1 heterocycles. The molecule has 2 N–H and O–H groups in total. The van der Waals surface area contributed by atoms with Crippen LogP contribution in [0.2, 0.25) is 0 Å². The van der Waals surface area contributed by atoms with Gasteiger partial charge < -0.3 is 10.6 Å². The molecule has 18 heavy (non-hydrogen) atoms. The molecule has 0 spiro atoms.